The number of likely N-dealkylation sites (tertiary alicyclic amines) is 1. The van der Waals surface area contributed by atoms with Crippen molar-refractivity contribution >= 4 is 5.91 Å². The first-order chi connectivity index (χ1) is 11.3. The minimum absolute atomic E-state index is 0.0198. The van der Waals surface area contributed by atoms with Gasteiger partial charge in [0.2, 0.25) is 5.91 Å². The van der Waals surface area contributed by atoms with Gasteiger partial charge in [-0.1, -0.05) is 36.4 Å². The smallest absolute Gasteiger partial charge is 0.228 e. The van der Waals surface area contributed by atoms with Gasteiger partial charge in [-0.15, -0.1) is 6.58 Å². The van der Waals surface area contributed by atoms with Gasteiger partial charge in [0, 0.05) is 13.2 Å². The largest absolute Gasteiger partial charge is 0.381 e. The maximum absolute atomic E-state index is 12.8. The molecule has 0 aliphatic carbocycles. The third-order valence-corrected chi connectivity index (χ3v) is 4.76. The Morgan fingerprint density at radius 1 is 1.35 bits per heavy atom. The molecule has 1 aromatic carbocycles. The summed E-state index contributed by atoms with van der Waals surface area (Å²) in [6, 6.07) is 10.4. The molecular formula is C19H25NO3. The van der Waals surface area contributed by atoms with Gasteiger partial charge < -0.3 is 14.4 Å². The van der Waals surface area contributed by atoms with E-state index in [2.05, 4.69) is 18.7 Å². The number of ether oxygens (including phenoxy) is 2. The predicted octanol–water partition coefficient (Wildman–Crippen LogP) is 2.44. The van der Waals surface area contributed by atoms with E-state index in [1.165, 1.54) is 5.56 Å². The third-order valence-electron chi connectivity index (χ3n) is 4.76. The highest BCUT2D eigenvalue weighted by Crippen LogP contribution is 2.28. The van der Waals surface area contributed by atoms with Crippen LogP contribution in [-0.4, -0.2) is 49.3 Å². The number of rotatable bonds is 6. The molecule has 2 fully saturated rings. The van der Waals surface area contributed by atoms with Crippen LogP contribution in [0.15, 0.2) is 43.0 Å². The molecule has 0 spiro atoms. The van der Waals surface area contributed by atoms with Crippen molar-refractivity contribution in [2.24, 2.45) is 5.92 Å². The molecule has 0 bridgehead atoms. The van der Waals surface area contributed by atoms with Gasteiger partial charge in [-0.2, -0.15) is 0 Å². The molecule has 3 atom stereocenters. The molecule has 0 N–H and O–H groups in total. The number of hydrogen-bond acceptors (Lipinski definition) is 3. The van der Waals surface area contributed by atoms with Gasteiger partial charge in [0.05, 0.1) is 31.3 Å². The maximum Gasteiger partial charge on any atom is 0.228 e. The average Bonchev–Trinajstić information content (AvgIpc) is 3.24. The first-order valence-corrected chi connectivity index (χ1v) is 8.44. The van der Waals surface area contributed by atoms with Crippen LogP contribution in [0.25, 0.3) is 0 Å². The normalized spacial score (nSPS) is 27.3. The summed E-state index contributed by atoms with van der Waals surface area (Å²) in [5.74, 6) is 0.250. The molecule has 2 saturated heterocycles. The van der Waals surface area contributed by atoms with Crippen molar-refractivity contribution in [3.63, 3.8) is 0 Å². The van der Waals surface area contributed by atoms with Crippen LogP contribution in [-0.2, 0) is 20.7 Å². The van der Waals surface area contributed by atoms with Crippen LogP contribution < -0.4 is 0 Å². The van der Waals surface area contributed by atoms with Gasteiger partial charge in [-0.05, 0) is 24.8 Å². The Morgan fingerprint density at radius 3 is 2.87 bits per heavy atom. The summed E-state index contributed by atoms with van der Waals surface area (Å²) in [4.78, 5) is 14.9. The second kappa shape index (κ2) is 7.75. The average molecular weight is 315 g/mol. The Balaban J connectivity index is 1.73. The molecule has 1 aromatic rings. The van der Waals surface area contributed by atoms with E-state index in [1.807, 2.05) is 23.1 Å². The summed E-state index contributed by atoms with van der Waals surface area (Å²) in [6.07, 6.45) is 4.42. The van der Waals surface area contributed by atoms with Crippen molar-refractivity contribution in [1.82, 2.24) is 4.90 Å². The van der Waals surface area contributed by atoms with E-state index in [1.54, 1.807) is 6.08 Å². The van der Waals surface area contributed by atoms with E-state index < -0.39 is 0 Å². The lowest BCUT2D eigenvalue weighted by Crippen LogP contribution is -2.44. The van der Waals surface area contributed by atoms with Crippen LogP contribution in [0, 0.1) is 5.92 Å². The van der Waals surface area contributed by atoms with Gasteiger partial charge in [-0.25, -0.2) is 0 Å². The highest BCUT2D eigenvalue weighted by Gasteiger charge is 2.40. The highest BCUT2D eigenvalue weighted by molar-refractivity contribution is 5.80. The molecule has 23 heavy (non-hydrogen) atoms. The summed E-state index contributed by atoms with van der Waals surface area (Å²) in [7, 11) is 0. The molecule has 0 aromatic heterocycles. The molecule has 3 rings (SSSR count). The lowest BCUT2D eigenvalue weighted by Gasteiger charge is -2.30. The van der Waals surface area contributed by atoms with Gasteiger partial charge in [0.15, 0.2) is 0 Å². The van der Waals surface area contributed by atoms with Crippen molar-refractivity contribution < 1.29 is 14.3 Å². The number of hydrogen-bond donors (Lipinski definition) is 0. The molecule has 2 aliphatic rings. The Bertz CT molecular complexity index is 525. The van der Waals surface area contributed by atoms with E-state index in [9.17, 15) is 4.79 Å². The Hall–Kier alpha value is -1.65. The molecule has 1 unspecified atom stereocenters. The van der Waals surface area contributed by atoms with Crippen LogP contribution in [0.3, 0.4) is 0 Å². The molecule has 4 nitrogen and oxygen atoms in total. The zero-order valence-corrected chi connectivity index (χ0v) is 13.5. The van der Waals surface area contributed by atoms with E-state index >= 15 is 0 Å². The Labute approximate surface area is 138 Å². The van der Waals surface area contributed by atoms with Crippen LogP contribution in [0.1, 0.15) is 18.4 Å². The summed E-state index contributed by atoms with van der Waals surface area (Å²) in [5.41, 5.74) is 1.24. The van der Waals surface area contributed by atoms with Crippen molar-refractivity contribution in [2.45, 2.75) is 31.4 Å². The quantitative estimate of drug-likeness (QED) is 0.757. The molecule has 2 heterocycles. The number of nitrogens with zero attached hydrogens (tertiary/aromatic N) is 1. The van der Waals surface area contributed by atoms with E-state index in [-0.39, 0.29) is 24.0 Å². The highest BCUT2D eigenvalue weighted by atomic mass is 16.5. The fourth-order valence-electron chi connectivity index (χ4n) is 3.55. The fraction of sp³-hybridized carbons (Fsp3) is 0.526. The molecule has 4 heteroatoms. The molecule has 2 aliphatic heterocycles. The summed E-state index contributed by atoms with van der Waals surface area (Å²) in [5, 5.41) is 0. The maximum atomic E-state index is 12.8. The third kappa shape index (κ3) is 3.82. The monoisotopic (exact) mass is 315 g/mol. The number of carbonyl (C=O) groups is 1. The first kappa shape index (κ1) is 16.2. The summed E-state index contributed by atoms with van der Waals surface area (Å²) in [6.45, 7) is 6.29. The summed E-state index contributed by atoms with van der Waals surface area (Å²) >= 11 is 0. The van der Waals surface area contributed by atoms with Crippen molar-refractivity contribution in [1.29, 1.82) is 0 Å². The first-order valence-electron chi connectivity index (χ1n) is 8.44. The van der Waals surface area contributed by atoms with E-state index in [4.69, 9.17) is 9.47 Å². The lowest BCUT2D eigenvalue weighted by molar-refractivity contribution is -0.137. The summed E-state index contributed by atoms with van der Waals surface area (Å²) < 4.78 is 11.3. The number of amides is 1. The molecule has 1 amide bonds. The number of benzene rings is 1. The SMILES string of the molecule is C=CCO[C@@H]1CCN(C(=O)C2CCOC2)[C@@H]1Cc1ccccc1. The number of carbonyl (C=O) groups excluding carboxylic acids is 1. The van der Waals surface area contributed by atoms with Crippen LogP contribution in [0.5, 0.6) is 0 Å². The van der Waals surface area contributed by atoms with Gasteiger partial charge >= 0.3 is 0 Å². The lowest BCUT2D eigenvalue weighted by atomic mass is 10.0. The van der Waals surface area contributed by atoms with Crippen molar-refractivity contribution in [3.05, 3.63) is 48.6 Å². The van der Waals surface area contributed by atoms with Gasteiger partial charge in [-0.3, -0.25) is 4.79 Å². The zero-order chi connectivity index (χ0) is 16.1. The standard InChI is InChI=1S/C19H25NO3/c1-2-11-23-18-8-10-20(19(21)16-9-12-22-14-16)17(18)13-15-6-4-3-5-7-15/h2-7,16-18H,1,8-14H2/t16?,17-,18-/m1/s1. The molecular weight excluding hydrogens is 290 g/mol. The molecule has 0 saturated carbocycles. The van der Waals surface area contributed by atoms with Crippen LogP contribution >= 0.6 is 0 Å². The topological polar surface area (TPSA) is 38.8 Å². The van der Waals surface area contributed by atoms with E-state index in [0.717, 1.165) is 25.8 Å². The minimum Gasteiger partial charge on any atom is -0.381 e. The van der Waals surface area contributed by atoms with Crippen LogP contribution in [0.2, 0.25) is 0 Å². The van der Waals surface area contributed by atoms with Crippen molar-refractivity contribution in [3.8, 4) is 0 Å². The Kier molecular flexibility index (Phi) is 5.47. The van der Waals surface area contributed by atoms with Crippen LogP contribution in [0.4, 0.5) is 0 Å². The fourth-order valence-corrected chi connectivity index (χ4v) is 3.55. The minimum atomic E-state index is 0.0198. The second-order valence-corrected chi connectivity index (χ2v) is 6.30. The van der Waals surface area contributed by atoms with Gasteiger partial charge in [0.1, 0.15) is 0 Å². The predicted molar refractivity (Wildman–Crippen MR) is 89.1 cm³/mol. The second-order valence-electron chi connectivity index (χ2n) is 6.30. The van der Waals surface area contributed by atoms with Crippen molar-refractivity contribution in [2.75, 3.05) is 26.4 Å². The zero-order valence-electron chi connectivity index (χ0n) is 13.5. The molecule has 124 valence electrons. The van der Waals surface area contributed by atoms with Gasteiger partial charge in [0.25, 0.3) is 0 Å². The van der Waals surface area contributed by atoms with E-state index in [0.29, 0.717) is 19.8 Å². The Morgan fingerprint density at radius 2 is 2.17 bits per heavy atom. The molecule has 0 radical (unpaired) electrons.